The van der Waals surface area contributed by atoms with Crippen molar-refractivity contribution < 1.29 is 14.3 Å². The lowest BCUT2D eigenvalue weighted by molar-refractivity contribution is -0.132. The Bertz CT molecular complexity index is 856. The van der Waals surface area contributed by atoms with Crippen LogP contribution in [0.25, 0.3) is 0 Å². The number of ether oxygens (including phenoxy) is 1. The summed E-state index contributed by atoms with van der Waals surface area (Å²) >= 11 is 0. The fraction of sp³-hybridized carbons (Fsp3) is 0.364. The van der Waals surface area contributed by atoms with E-state index in [1.54, 1.807) is 7.11 Å². The lowest BCUT2D eigenvalue weighted by atomic mass is 10.00. The molecule has 27 heavy (non-hydrogen) atoms. The number of rotatable bonds is 4. The molecule has 1 aliphatic heterocycles. The summed E-state index contributed by atoms with van der Waals surface area (Å²) in [7, 11) is 1.68. The van der Waals surface area contributed by atoms with Crippen LogP contribution in [-0.4, -0.2) is 49.9 Å². The molecule has 1 aliphatic carbocycles. The van der Waals surface area contributed by atoms with E-state index in [4.69, 9.17) is 4.74 Å². The minimum atomic E-state index is -0.206. The minimum Gasteiger partial charge on any atom is -0.495 e. The van der Waals surface area contributed by atoms with Crippen molar-refractivity contribution in [3.05, 3.63) is 59.7 Å². The number of Topliss-reactive ketones (excluding diaryl/α,β-unsaturated/α-hetero) is 1. The maximum Gasteiger partial charge on any atom is 0.223 e. The maximum atomic E-state index is 12.7. The van der Waals surface area contributed by atoms with Gasteiger partial charge < -0.3 is 14.5 Å². The molecular weight excluding hydrogens is 340 g/mol. The van der Waals surface area contributed by atoms with Gasteiger partial charge in [0.2, 0.25) is 5.91 Å². The number of nitrogens with zero attached hydrogens (tertiary/aromatic N) is 2. The first kappa shape index (κ1) is 17.6. The molecule has 4 rings (SSSR count). The van der Waals surface area contributed by atoms with Crippen molar-refractivity contribution in [3.8, 4) is 5.75 Å². The quantitative estimate of drug-likeness (QED) is 0.837. The van der Waals surface area contributed by atoms with E-state index in [2.05, 4.69) is 4.90 Å². The topological polar surface area (TPSA) is 49.9 Å². The average Bonchev–Trinajstić information content (AvgIpc) is 3.03. The Morgan fingerprint density at radius 1 is 1.04 bits per heavy atom. The number of carbonyl (C=O) groups excluding carboxylic acids is 2. The standard InChI is InChI=1S/C22H24N2O3/c1-27-20-9-5-4-8-19(20)23-10-12-24(13-11-23)21(25)15-17-14-16-6-2-3-7-18(16)22(17)26/h2-9,17H,10-15H2,1H3. The number of benzene rings is 2. The van der Waals surface area contributed by atoms with Crippen LogP contribution in [0.5, 0.6) is 5.75 Å². The molecule has 0 N–H and O–H groups in total. The van der Waals surface area contributed by atoms with E-state index in [9.17, 15) is 9.59 Å². The van der Waals surface area contributed by atoms with Gasteiger partial charge in [0.15, 0.2) is 5.78 Å². The SMILES string of the molecule is COc1ccccc1N1CCN(C(=O)CC2Cc3ccccc3C2=O)CC1. The first-order chi connectivity index (χ1) is 13.2. The van der Waals surface area contributed by atoms with Crippen molar-refractivity contribution in [2.24, 2.45) is 5.92 Å². The highest BCUT2D eigenvalue weighted by molar-refractivity contribution is 6.03. The van der Waals surface area contributed by atoms with E-state index in [1.807, 2.05) is 53.4 Å². The second kappa shape index (κ2) is 7.43. The number of fused-ring (bicyclic) bond motifs is 1. The number of para-hydroxylation sites is 2. The molecule has 1 unspecified atom stereocenters. The third-order valence-electron chi connectivity index (χ3n) is 5.60. The largest absolute Gasteiger partial charge is 0.495 e. The Kier molecular flexibility index (Phi) is 4.84. The molecule has 1 atom stereocenters. The molecule has 0 aromatic heterocycles. The fourth-order valence-electron chi connectivity index (χ4n) is 4.11. The summed E-state index contributed by atoms with van der Waals surface area (Å²) in [4.78, 5) is 29.4. The molecule has 0 saturated carbocycles. The lowest BCUT2D eigenvalue weighted by Gasteiger charge is -2.37. The number of hydrogen-bond donors (Lipinski definition) is 0. The number of piperazine rings is 1. The summed E-state index contributed by atoms with van der Waals surface area (Å²) in [5.74, 6) is 0.848. The lowest BCUT2D eigenvalue weighted by Crippen LogP contribution is -2.49. The summed E-state index contributed by atoms with van der Waals surface area (Å²) in [5.41, 5.74) is 2.92. The van der Waals surface area contributed by atoms with E-state index >= 15 is 0 Å². The fourth-order valence-corrected chi connectivity index (χ4v) is 4.11. The second-order valence-electron chi connectivity index (χ2n) is 7.17. The van der Waals surface area contributed by atoms with Crippen molar-refractivity contribution in [2.45, 2.75) is 12.8 Å². The Morgan fingerprint density at radius 3 is 2.48 bits per heavy atom. The highest BCUT2D eigenvalue weighted by Crippen LogP contribution is 2.30. The molecule has 140 valence electrons. The van der Waals surface area contributed by atoms with Crippen LogP contribution in [0.3, 0.4) is 0 Å². The van der Waals surface area contributed by atoms with E-state index < -0.39 is 0 Å². The number of amides is 1. The van der Waals surface area contributed by atoms with Gasteiger partial charge in [0.05, 0.1) is 12.8 Å². The predicted octanol–water partition coefficient (Wildman–Crippen LogP) is 2.79. The van der Waals surface area contributed by atoms with Gasteiger partial charge in [-0.15, -0.1) is 0 Å². The number of anilines is 1. The van der Waals surface area contributed by atoms with Gasteiger partial charge in [-0.1, -0.05) is 36.4 Å². The highest BCUT2D eigenvalue weighted by atomic mass is 16.5. The van der Waals surface area contributed by atoms with Gasteiger partial charge >= 0.3 is 0 Å². The Balaban J connectivity index is 1.35. The molecular formula is C22H24N2O3. The first-order valence-electron chi connectivity index (χ1n) is 9.45. The van der Waals surface area contributed by atoms with E-state index in [0.29, 0.717) is 25.9 Å². The van der Waals surface area contributed by atoms with Gasteiger partial charge in [0, 0.05) is 44.1 Å². The van der Waals surface area contributed by atoms with Gasteiger partial charge in [0.1, 0.15) is 5.75 Å². The van der Waals surface area contributed by atoms with E-state index in [-0.39, 0.29) is 17.6 Å². The van der Waals surface area contributed by atoms with Crippen molar-refractivity contribution in [1.82, 2.24) is 4.90 Å². The third-order valence-corrected chi connectivity index (χ3v) is 5.60. The number of ketones is 1. The maximum absolute atomic E-state index is 12.7. The average molecular weight is 364 g/mol. The van der Waals surface area contributed by atoms with Crippen LogP contribution in [0.4, 0.5) is 5.69 Å². The Labute approximate surface area is 159 Å². The summed E-state index contributed by atoms with van der Waals surface area (Å²) < 4.78 is 5.44. The van der Waals surface area contributed by atoms with Crippen molar-refractivity contribution in [2.75, 3.05) is 38.2 Å². The zero-order chi connectivity index (χ0) is 18.8. The summed E-state index contributed by atoms with van der Waals surface area (Å²) in [6.07, 6.45) is 0.990. The van der Waals surface area contributed by atoms with Crippen LogP contribution < -0.4 is 9.64 Å². The van der Waals surface area contributed by atoms with Crippen molar-refractivity contribution in [1.29, 1.82) is 0 Å². The molecule has 5 heteroatoms. The molecule has 1 heterocycles. The number of methoxy groups -OCH3 is 1. The van der Waals surface area contributed by atoms with Gasteiger partial charge in [-0.3, -0.25) is 9.59 Å². The summed E-state index contributed by atoms with van der Waals surface area (Å²) in [5, 5.41) is 0. The third kappa shape index (κ3) is 3.42. The Morgan fingerprint density at radius 2 is 1.74 bits per heavy atom. The van der Waals surface area contributed by atoms with E-state index in [1.165, 1.54) is 0 Å². The minimum absolute atomic E-state index is 0.0841. The molecule has 1 saturated heterocycles. The molecule has 1 amide bonds. The summed E-state index contributed by atoms with van der Waals surface area (Å²) in [6.45, 7) is 2.88. The molecule has 0 bridgehead atoms. The van der Waals surface area contributed by atoms with E-state index in [0.717, 1.165) is 35.7 Å². The van der Waals surface area contributed by atoms with Crippen LogP contribution in [0, 0.1) is 5.92 Å². The number of carbonyl (C=O) groups is 2. The molecule has 2 aliphatic rings. The highest BCUT2D eigenvalue weighted by Gasteiger charge is 2.33. The van der Waals surface area contributed by atoms with Crippen LogP contribution in [-0.2, 0) is 11.2 Å². The second-order valence-corrected chi connectivity index (χ2v) is 7.17. The van der Waals surface area contributed by atoms with Gasteiger partial charge in [-0.25, -0.2) is 0 Å². The predicted molar refractivity (Wildman–Crippen MR) is 104 cm³/mol. The van der Waals surface area contributed by atoms with Crippen LogP contribution in [0.2, 0.25) is 0 Å². The molecule has 2 aromatic carbocycles. The molecule has 2 aromatic rings. The number of hydrogen-bond acceptors (Lipinski definition) is 4. The normalized spacial score (nSPS) is 19.1. The Hall–Kier alpha value is -2.82. The van der Waals surface area contributed by atoms with Crippen molar-refractivity contribution >= 4 is 17.4 Å². The zero-order valence-electron chi connectivity index (χ0n) is 15.6. The zero-order valence-corrected chi connectivity index (χ0v) is 15.6. The van der Waals surface area contributed by atoms with Crippen LogP contribution in [0.1, 0.15) is 22.3 Å². The molecule has 0 radical (unpaired) electrons. The smallest absolute Gasteiger partial charge is 0.223 e. The van der Waals surface area contributed by atoms with Gasteiger partial charge in [0.25, 0.3) is 0 Å². The van der Waals surface area contributed by atoms with Crippen LogP contribution in [0.15, 0.2) is 48.5 Å². The monoisotopic (exact) mass is 364 g/mol. The van der Waals surface area contributed by atoms with Crippen molar-refractivity contribution in [3.63, 3.8) is 0 Å². The summed E-state index contributed by atoms with van der Waals surface area (Å²) in [6, 6.07) is 15.7. The van der Waals surface area contributed by atoms with Gasteiger partial charge in [-0.2, -0.15) is 0 Å². The molecule has 1 fully saturated rings. The molecule has 0 spiro atoms. The first-order valence-corrected chi connectivity index (χ1v) is 9.45. The van der Waals surface area contributed by atoms with Gasteiger partial charge in [-0.05, 0) is 24.1 Å². The molecule has 5 nitrogen and oxygen atoms in total. The van der Waals surface area contributed by atoms with Crippen LogP contribution >= 0.6 is 0 Å².